The molecule has 4 rings (SSSR count). The summed E-state index contributed by atoms with van der Waals surface area (Å²) in [7, 11) is 0. The van der Waals surface area contributed by atoms with Gasteiger partial charge in [0, 0.05) is 31.0 Å². The summed E-state index contributed by atoms with van der Waals surface area (Å²) in [5.41, 5.74) is 1.76. The van der Waals surface area contributed by atoms with Gasteiger partial charge in [-0.3, -0.25) is 4.79 Å². The summed E-state index contributed by atoms with van der Waals surface area (Å²) in [4.78, 5) is 15.1. The number of likely N-dealkylation sites (tertiary alicyclic amines) is 1. The van der Waals surface area contributed by atoms with Crippen molar-refractivity contribution in [3.63, 3.8) is 0 Å². The van der Waals surface area contributed by atoms with E-state index in [4.69, 9.17) is 0 Å². The number of hydrogen-bond donors (Lipinski definition) is 0. The SMILES string of the molecule is CC(C)Cn1cnnc1[C@@H]1CCCN1C(=O)c1cc2ccccn2c1. The van der Waals surface area contributed by atoms with Gasteiger partial charge in [0.05, 0.1) is 11.6 Å². The molecule has 6 heteroatoms. The van der Waals surface area contributed by atoms with Gasteiger partial charge in [0.2, 0.25) is 0 Å². The van der Waals surface area contributed by atoms with Crippen LogP contribution in [0.3, 0.4) is 0 Å². The highest BCUT2D eigenvalue weighted by Gasteiger charge is 2.34. The van der Waals surface area contributed by atoms with Crippen molar-refractivity contribution in [3.8, 4) is 0 Å². The lowest BCUT2D eigenvalue weighted by molar-refractivity contribution is 0.0727. The molecule has 4 heterocycles. The normalized spacial score (nSPS) is 17.7. The summed E-state index contributed by atoms with van der Waals surface area (Å²) < 4.78 is 4.08. The monoisotopic (exact) mass is 337 g/mol. The fraction of sp³-hybridized carbons (Fsp3) is 0.421. The van der Waals surface area contributed by atoms with Crippen molar-refractivity contribution in [3.05, 3.63) is 54.4 Å². The summed E-state index contributed by atoms with van der Waals surface area (Å²) in [5.74, 6) is 1.49. The standard InChI is InChI=1S/C19H23N5O/c1-14(2)11-23-13-20-21-18(23)17-7-5-9-24(17)19(25)15-10-16-6-3-4-8-22(16)12-15/h3-4,6,8,10,12-14,17H,5,7,9,11H2,1-2H3/t17-/m0/s1. The molecule has 130 valence electrons. The second-order valence-electron chi connectivity index (χ2n) is 7.15. The van der Waals surface area contributed by atoms with Crippen LogP contribution >= 0.6 is 0 Å². The molecule has 0 unspecified atom stereocenters. The molecule has 0 spiro atoms. The predicted octanol–water partition coefficient (Wildman–Crippen LogP) is 3.16. The van der Waals surface area contributed by atoms with E-state index in [1.807, 2.05) is 46.0 Å². The van der Waals surface area contributed by atoms with Gasteiger partial charge < -0.3 is 13.9 Å². The molecule has 1 amide bonds. The Morgan fingerprint density at radius 1 is 1.36 bits per heavy atom. The number of amides is 1. The van der Waals surface area contributed by atoms with E-state index in [1.165, 1.54) is 0 Å². The van der Waals surface area contributed by atoms with E-state index in [2.05, 4.69) is 28.6 Å². The smallest absolute Gasteiger partial charge is 0.256 e. The van der Waals surface area contributed by atoms with Crippen LogP contribution in [0.25, 0.3) is 5.52 Å². The third-order valence-corrected chi connectivity index (χ3v) is 4.77. The molecule has 0 bridgehead atoms. The maximum absolute atomic E-state index is 13.1. The van der Waals surface area contributed by atoms with Crippen LogP contribution < -0.4 is 0 Å². The van der Waals surface area contributed by atoms with E-state index in [1.54, 1.807) is 6.33 Å². The molecule has 1 aliphatic heterocycles. The number of carbonyl (C=O) groups excluding carboxylic acids is 1. The maximum atomic E-state index is 13.1. The Bertz CT molecular complexity index is 861. The van der Waals surface area contributed by atoms with Crippen molar-refractivity contribution < 1.29 is 4.79 Å². The molecular weight excluding hydrogens is 314 g/mol. The highest BCUT2D eigenvalue weighted by Crippen LogP contribution is 2.32. The van der Waals surface area contributed by atoms with E-state index in [0.717, 1.165) is 42.8 Å². The van der Waals surface area contributed by atoms with Crippen molar-refractivity contribution in [2.24, 2.45) is 5.92 Å². The molecular formula is C19H23N5O. The highest BCUT2D eigenvalue weighted by molar-refractivity contribution is 5.96. The first-order chi connectivity index (χ1) is 12.1. The lowest BCUT2D eigenvalue weighted by Crippen LogP contribution is -2.32. The zero-order valence-corrected chi connectivity index (χ0v) is 14.7. The lowest BCUT2D eigenvalue weighted by atomic mass is 10.1. The van der Waals surface area contributed by atoms with Crippen molar-refractivity contribution >= 4 is 11.4 Å². The zero-order chi connectivity index (χ0) is 17.4. The average molecular weight is 337 g/mol. The van der Waals surface area contributed by atoms with Crippen LogP contribution in [-0.4, -0.2) is 36.5 Å². The van der Waals surface area contributed by atoms with E-state index in [-0.39, 0.29) is 11.9 Å². The van der Waals surface area contributed by atoms with Crippen LogP contribution in [0.5, 0.6) is 0 Å². The third-order valence-electron chi connectivity index (χ3n) is 4.77. The number of fused-ring (bicyclic) bond motifs is 1. The van der Waals surface area contributed by atoms with E-state index < -0.39 is 0 Å². The minimum absolute atomic E-state index is 0.0109. The Kier molecular flexibility index (Phi) is 4.03. The summed E-state index contributed by atoms with van der Waals surface area (Å²) in [5, 5.41) is 8.43. The van der Waals surface area contributed by atoms with E-state index in [9.17, 15) is 4.79 Å². The van der Waals surface area contributed by atoms with Crippen LogP contribution in [0.4, 0.5) is 0 Å². The predicted molar refractivity (Wildman–Crippen MR) is 95.3 cm³/mol. The van der Waals surface area contributed by atoms with Gasteiger partial charge in [0.15, 0.2) is 5.82 Å². The molecule has 0 N–H and O–H groups in total. The number of aromatic nitrogens is 4. The topological polar surface area (TPSA) is 55.4 Å². The fourth-order valence-corrected chi connectivity index (χ4v) is 3.67. The Labute approximate surface area is 147 Å². The first kappa shape index (κ1) is 15.9. The molecule has 0 radical (unpaired) electrons. The molecule has 6 nitrogen and oxygen atoms in total. The van der Waals surface area contributed by atoms with Gasteiger partial charge in [-0.1, -0.05) is 19.9 Å². The van der Waals surface area contributed by atoms with Gasteiger partial charge >= 0.3 is 0 Å². The first-order valence-corrected chi connectivity index (χ1v) is 8.89. The second-order valence-corrected chi connectivity index (χ2v) is 7.15. The number of nitrogens with zero attached hydrogens (tertiary/aromatic N) is 5. The summed E-state index contributed by atoms with van der Waals surface area (Å²) >= 11 is 0. The highest BCUT2D eigenvalue weighted by atomic mass is 16.2. The quantitative estimate of drug-likeness (QED) is 0.735. The van der Waals surface area contributed by atoms with E-state index in [0.29, 0.717) is 5.92 Å². The van der Waals surface area contributed by atoms with Crippen LogP contribution in [-0.2, 0) is 6.54 Å². The molecule has 0 saturated carbocycles. The molecule has 1 atom stereocenters. The number of rotatable bonds is 4. The van der Waals surface area contributed by atoms with Crippen LogP contribution in [0, 0.1) is 5.92 Å². The first-order valence-electron chi connectivity index (χ1n) is 8.89. The van der Waals surface area contributed by atoms with E-state index >= 15 is 0 Å². The van der Waals surface area contributed by atoms with Crippen LogP contribution in [0.1, 0.15) is 48.9 Å². The largest absolute Gasteiger partial charge is 0.328 e. The van der Waals surface area contributed by atoms with Crippen molar-refractivity contribution in [2.45, 2.75) is 39.3 Å². The minimum atomic E-state index is 0.0109. The van der Waals surface area contributed by atoms with Crippen LogP contribution in [0.2, 0.25) is 0 Å². The average Bonchev–Trinajstić information content (AvgIpc) is 3.31. The lowest BCUT2D eigenvalue weighted by Gasteiger charge is -2.24. The van der Waals surface area contributed by atoms with Crippen LogP contribution in [0.15, 0.2) is 43.0 Å². The van der Waals surface area contributed by atoms with Crippen molar-refractivity contribution in [1.29, 1.82) is 0 Å². The molecule has 0 aliphatic carbocycles. The summed E-state index contributed by atoms with van der Waals surface area (Å²) in [6.45, 7) is 5.99. The number of pyridine rings is 1. The summed E-state index contributed by atoms with van der Waals surface area (Å²) in [6, 6.07) is 7.93. The van der Waals surface area contributed by atoms with Gasteiger partial charge in [-0.15, -0.1) is 10.2 Å². The summed E-state index contributed by atoms with van der Waals surface area (Å²) in [6.07, 6.45) is 7.59. The molecule has 0 aromatic carbocycles. The minimum Gasteiger partial charge on any atom is -0.328 e. The Hall–Kier alpha value is -2.63. The Morgan fingerprint density at radius 3 is 3.04 bits per heavy atom. The number of carbonyl (C=O) groups is 1. The van der Waals surface area contributed by atoms with Gasteiger partial charge in [0.25, 0.3) is 5.91 Å². The van der Waals surface area contributed by atoms with Gasteiger partial charge in [-0.05, 0) is 37.0 Å². The molecule has 1 fully saturated rings. The molecule has 3 aromatic heterocycles. The molecule has 25 heavy (non-hydrogen) atoms. The van der Waals surface area contributed by atoms with Crippen molar-refractivity contribution in [2.75, 3.05) is 6.54 Å². The number of hydrogen-bond acceptors (Lipinski definition) is 3. The van der Waals surface area contributed by atoms with Gasteiger partial charge in [0.1, 0.15) is 6.33 Å². The van der Waals surface area contributed by atoms with Gasteiger partial charge in [-0.2, -0.15) is 0 Å². The molecule has 3 aromatic rings. The third kappa shape index (κ3) is 2.92. The Morgan fingerprint density at radius 2 is 2.24 bits per heavy atom. The Balaban J connectivity index is 1.63. The fourth-order valence-electron chi connectivity index (χ4n) is 3.67. The molecule has 1 aliphatic rings. The molecule has 1 saturated heterocycles. The van der Waals surface area contributed by atoms with Gasteiger partial charge in [-0.25, -0.2) is 0 Å². The zero-order valence-electron chi connectivity index (χ0n) is 14.7. The maximum Gasteiger partial charge on any atom is 0.256 e. The van der Waals surface area contributed by atoms with Crippen molar-refractivity contribution in [1.82, 2.24) is 24.1 Å². The second kappa shape index (κ2) is 6.35.